The van der Waals surface area contributed by atoms with Crippen LogP contribution in [-0.2, 0) is 4.79 Å². The molecule has 24 heavy (non-hydrogen) atoms. The van der Waals surface area contributed by atoms with Gasteiger partial charge in [-0.3, -0.25) is 5.10 Å². The van der Waals surface area contributed by atoms with Gasteiger partial charge >= 0.3 is 5.97 Å². The number of fused-ring (bicyclic) bond motifs is 2. The third-order valence-electron chi connectivity index (χ3n) is 4.22. The summed E-state index contributed by atoms with van der Waals surface area (Å²) in [4.78, 5) is 12.1. The van der Waals surface area contributed by atoms with Crippen molar-refractivity contribution in [3.05, 3.63) is 46.8 Å². The maximum atomic E-state index is 12.1. The number of carboxylic acid groups (broad SMARTS) is 1. The van der Waals surface area contributed by atoms with Crippen molar-refractivity contribution in [2.24, 2.45) is 0 Å². The Morgan fingerprint density at radius 3 is 3.00 bits per heavy atom. The Hall–Kier alpha value is -2.74. The Labute approximate surface area is 141 Å². The van der Waals surface area contributed by atoms with Crippen molar-refractivity contribution < 1.29 is 9.90 Å². The second-order valence-electron chi connectivity index (χ2n) is 5.67. The Balaban J connectivity index is 2.00. The summed E-state index contributed by atoms with van der Waals surface area (Å²) < 4.78 is 8.65. The zero-order valence-corrected chi connectivity index (χ0v) is 13.7. The van der Waals surface area contributed by atoms with Crippen molar-refractivity contribution in [2.45, 2.75) is 25.7 Å². The van der Waals surface area contributed by atoms with E-state index in [1.165, 1.54) is 0 Å². The molecule has 0 fully saturated rings. The number of nitrogens with zero attached hydrogens (tertiary/aromatic N) is 3. The average Bonchev–Trinajstić information content (AvgIpc) is 3.21. The number of anilines is 1. The zero-order chi connectivity index (χ0) is 16.7. The van der Waals surface area contributed by atoms with Gasteiger partial charge in [-0.15, -0.1) is 0 Å². The van der Waals surface area contributed by atoms with Crippen LogP contribution in [0, 0.1) is 0 Å². The van der Waals surface area contributed by atoms with E-state index in [-0.39, 0.29) is 0 Å². The van der Waals surface area contributed by atoms with Crippen LogP contribution in [-0.4, -0.2) is 30.0 Å². The van der Waals surface area contributed by atoms with E-state index >= 15 is 0 Å². The molecule has 0 amide bonds. The van der Waals surface area contributed by atoms with Gasteiger partial charge in [0.05, 0.1) is 23.2 Å². The maximum Gasteiger partial charge on any atom is 0.334 e. The molecule has 4 rings (SSSR count). The molecule has 3 N–H and O–H groups in total. The molecule has 0 radical (unpaired) electrons. The van der Waals surface area contributed by atoms with Crippen molar-refractivity contribution in [1.29, 1.82) is 0 Å². The van der Waals surface area contributed by atoms with Crippen molar-refractivity contribution >= 4 is 34.5 Å². The van der Waals surface area contributed by atoms with Crippen molar-refractivity contribution in [3.8, 4) is 0 Å². The van der Waals surface area contributed by atoms with Crippen LogP contribution in [0.25, 0.3) is 11.0 Å². The lowest BCUT2D eigenvalue weighted by Gasteiger charge is -2.27. The van der Waals surface area contributed by atoms with Gasteiger partial charge < -0.3 is 10.4 Å². The van der Waals surface area contributed by atoms with Crippen molar-refractivity contribution in [1.82, 2.24) is 18.9 Å². The summed E-state index contributed by atoms with van der Waals surface area (Å²) in [5.41, 5.74) is 4.24. The molecule has 3 heterocycles. The summed E-state index contributed by atoms with van der Waals surface area (Å²) in [5.74, 6) is -0.678. The van der Waals surface area contributed by atoms with Gasteiger partial charge in [0, 0.05) is 17.5 Å². The highest BCUT2D eigenvalue weighted by molar-refractivity contribution is 7.00. The molecule has 1 atom stereocenters. The molecule has 8 heteroatoms. The lowest BCUT2D eigenvalue weighted by atomic mass is 9.81. The van der Waals surface area contributed by atoms with E-state index in [2.05, 4.69) is 24.3 Å². The number of aromatic nitrogens is 4. The van der Waals surface area contributed by atoms with Crippen LogP contribution < -0.4 is 5.32 Å². The molecule has 0 aliphatic carbocycles. The standard InChI is InChI=1S/C16H15N5O2S/c1-2-4-10-13(16(22)23)12(9-7-17-19-15(9)18-10)8-5-3-6-11-14(8)21-24-20-11/h3,5-7,12H,2,4H2,1H3,(H,22,23)(H2,17,18,19). The average molecular weight is 341 g/mol. The first kappa shape index (κ1) is 14.8. The van der Waals surface area contributed by atoms with Crippen LogP contribution in [0.15, 0.2) is 35.7 Å². The van der Waals surface area contributed by atoms with Crippen LogP contribution in [0.1, 0.15) is 36.8 Å². The molecule has 0 bridgehead atoms. The number of hydrogen-bond acceptors (Lipinski definition) is 6. The number of benzene rings is 1. The molecule has 0 saturated heterocycles. The van der Waals surface area contributed by atoms with Gasteiger partial charge in [-0.2, -0.15) is 13.8 Å². The molecule has 3 aromatic rings. The van der Waals surface area contributed by atoms with Gasteiger partial charge in [-0.05, 0) is 18.1 Å². The Bertz CT molecular complexity index is 958. The highest BCUT2D eigenvalue weighted by Crippen LogP contribution is 2.43. The fraction of sp³-hybridized carbons (Fsp3) is 0.250. The van der Waals surface area contributed by atoms with Crippen LogP contribution in [0.4, 0.5) is 5.82 Å². The quantitative estimate of drug-likeness (QED) is 0.673. The monoisotopic (exact) mass is 341 g/mol. The Morgan fingerprint density at radius 2 is 2.21 bits per heavy atom. The van der Waals surface area contributed by atoms with Gasteiger partial charge in [0.2, 0.25) is 0 Å². The molecule has 7 nitrogen and oxygen atoms in total. The number of hydrogen-bond donors (Lipinski definition) is 3. The number of nitrogens with one attached hydrogen (secondary N) is 2. The summed E-state index contributed by atoms with van der Waals surface area (Å²) in [6, 6.07) is 5.69. The topological polar surface area (TPSA) is 104 Å². The fourth-order valence-corrected chi connectivity index (χ4v) is 3.80. The number of aliphatic carboxylic acids is 1. The molecule has 1 unspecified atom stereocenters. The summed E-state index contributed by atoms with van der Waals surface area (Å²) in [7, 11) is 0. The van der Waals surface area contributed by atoms with Crippen molar-refractivity contribution in [2.75, 3.05) is 5.32 Å². The molecule has 1 aliphatic heterocycles. The third-order valence-corrected chi connectivity index (χ3v) is 4.77. The zero-order valence-electron chi connectivity index (χ0n) is 12.9. The van der Waals surface area contributed by atoms with E-state index in [1.807, 2.05) is 25.1 Å². The summed E-state index contributed by atoms with van der Waals surface area (Å²) in [6.45, 7) is 2.02. The summed E-state index contributed by atoms with van der Waals surface area (Å²) in [6.07, 6.45) is 3.24. The van der Waals surface area contributed by atoms with Crippen LogP contribution in [0.5, 0.6) is 0 Å². The lowest BCUT2D eigenvalue weighted by molar-refractivity contribution is -0.133. The number of aromatic amines is 1. The molecule has 1 aromatic carbocycles. The van der Waals surface area contributed by atoms with E-state index in [9.17, 15) is 9.90 Å². The molecule has 0 spiro atoms. The van der Waals surface area contributed by atoms with Crippen LogP contribution in [0.2, 0.25) is 0 Å². The minimum absolute atomic E-state index is 0.353. The van der Waals surface area contributed by atoms with E-state index in [4.69, 9.17) is 0 Å². The minimum atomic E-state index is -0.928. The van der Waals surface area contributed by atoms with Crippen LogP contribution >= 0.6 is 11.7 Å². The number of carbonyl (C=O) groups is 1. The minimum Gasteiger partial charge on any atom is -0.478 e. The number of carboxylic acids is 1. The molecular weight excluding hydrogens is 326 g/mol. The molecule has 0 saturated carbocycles. The van der Waals surface area contributed by atoms with Gasteiger partial charge in [0.1, 0.15) is 11.0 Å². The first-order chi connectivity index (χ1) is 11.7. The first-order valence-electron chi connectivity index (χ1n) is 7.69. The van der Waals surface area contributed by atoms with Gasteiger partial charge in [-0.25, -0.2) is 4.79 Å². The first-order valence-corrected chi connectivity index (χ1v) is 8.42. The molecule has 122 valence electrons. The normalized spacial score (nSPS) is 17.0. The third kappa shape index (κ3) is 2.18. The second kappa shape index (κ2) is 5.72. The maximum absolute atomic E-state index is 12.1. The van der Waals surface area contributed by atoms with E-state index in [0.717, 1.165) is 40.3 Å². The van der Waals surface area contributed by atoms with Gasteiger partial charge in [-0.1, -0.05) is 25.5 Å². The molecule has 2 aromatic heterocycles. The molecule has 1 aliphatic rings. The highest BCUT2D eigenvalue weighted by Gasteiger charge is 2.35. The predicted molar refractivity (Wildman–Crippen MR) is 91.0 cm³/mol. The second-order valence-corrected chi connectivity index (χ2v) is 6.20. The Morgan fingerprint density at radius 1 is 1.33 bits per heavy atom. The Kier molecular flexibility index (Phi) is 3.53. The highest BCUT2D eigenvalue weighted by atomic mass is 32.1. The van der Waals surface area contributed by atoms with E-state index in [1.54, 1.807) is 6.20 Å². The summed E-state index contributed by atoms with van der Waals surface area (Å²) >= 11 is 1.13. The smallest absolute Gasteiger partial charge is 0.334 e. The van der Waals surface area contributed by atoms with E-state index in [0.29, 0.717) is 23.5 Å². The van der Waals surface area contributed by atoms with Crippen molar-refractivity contribution in [3.63, 3.8) is 0 Å². The predicted octanol–water partition coefficient (Wildman–Crippen LogP) is 3.11. The van der Waals surface area contributed by atoms with Gasteiger partial charge in [0.15, 0.2) is 5.82 Å². The van der Waals surface area contributed by atoms with E-state index < -0.39 is 11.9 Å². The lowest BCUT2D eigenvalue weighted by Crippen LogP contribution is -2.23. The molecular formula is C16H15N5O2S. The largest absolute Gasteiger partial charge is 0.478 e. The number of allylic oxidation sites excluding steroid dienone is 1. The van der Waals surface area contributed by atoms with Gasteiger partial charge in [0.25, 0.3) is 0 Å². The van der Waals surface area contributed by atoms with Crippen LogP contribution in [0.3, 0.4) is 0 Å². The number of H-pyrrole nitrogens is 1. The SMILES string of the molecule is CCCC1=C(C(=O)O)C(c2cccc3nsnc23)c2c[nH]nc2N1. The number of rotatable bonds is 4. The summed E-state index contributed by atoms with van der Waals surface area (Å²) in [5, 5.41) is 20.1. The fourth-order valence-electron chi connectivity index (χ4n) is 3.24.